The second-order valence-corrected chi connectivity index (χ2v) is 28.8. The maximum Gasteiger partial charge on any atom is 0.0110 e. The van der Waals surface area contributed by atoms with Crippen molar-refractivity contribution >= 4 is 0 Å². The van der Waals surface area contributed by atoms with Crippen LogP contribution in [-0.4, -0.2) is 147 Å². The largest absolute Gasteiger partial charge is 0.303 e. The topological polar surface area (TPSA) is 19.4 Å². The van der Waals surface area contributed by atoms with E-state index in [2.05, 4.69) is 168 Å². The number of likely N-dealkylation sites (tertiary alicyclic amines) is 4. The molecule has 0 aromatic heterocycles. The second kappa shape index (κ2) is 40.0. The van der Waals surface area contributed by atoms with Gasteiger partial charge in [-0.15, -0.1) is 0 Å². The molecule has 5 rings (SSSR count). The Labute approximate surface area is 450 Å². The molecule has 5 aliphatic rings. The van der Waals surface area contributed by atoms with Crippen LogP contribution in [0.25, 0.3) is 0 Å². The highest BCUT2D eigenvalue weighted by Gasteiger charge is 2.28. The Morgan fingerprint density at radius 3 is 0.944 bits per heavy atom. The number of rotatable bonds is 25. The smallest absolute Gasteiger partial charge is 0.0110 e. The van der Waals surface area contributed by atoms with Gasteiger partial charge in [0.1, 0.15) is 0 Å². The highest BCUT2D eigenvalue weighted by molar-refractivity contribution is 4.82. The zero-order chi connectivity index (χ0) is 53.5. The Bertz CT molecular complexity index is 1030. The fraction of sp³-hybridized carbons (Fsp3) is 1.00. The van der Waals surface area contributed by atoms with Crippen molar-refractivity contribution in [1.82, 2.24) is 29.4 Å². The normalized spacial score (nSPS) is 20.2. The number of nitrogens with zero attached hydrogens (tertiary/aromatic N) is 6. The molecular formula is C65H136N6. The van der Waals surface area contributed by atoms with Gasteiger partial charge in [0.15, 0.2) is 0 Å². The van der Waals surface area contributed by atoms with Gasteiger partial charge in [-0.1, -0.05) is 158 Å². The Morgan fingerprint density at radius 1 is 0.254 bits per heavy atom. The van der Waals surface area contributed by atoms with Gasteiger partial charge in [0.05, 0.1) is 0 Å². The summed E-state index contributed by atoms with van der Waals surface area (Å²) in [6.45, 7) is 70.3. The number of piperidine rings is 2. The predicted octanol–water partition coefficient (Wildman–Crippen LogP) is 15.9. The minimum atomic E-state index is 0.812. The molecule has 0 spiro atoms. The summed E-state index contributed by atoms with van der Waals surface area (Å²) in [4.78, 5) is 15.7. The van der Waals surface area contributed by atoms with E-state index in [-0.39, 0.29) is 0 Å². The van der Waals surface area contributed by atoms with Crippen molar-refractivity contribution in [2.24, 2.45) is 82.9 Å². The van der Waals surface area contributed by atoms with Crippen molar-refractivity contribution in [3.63, 3.8) is 0 Å². The highest BCUT2D eigenvalue weighted by Crippen LogP contribution is 2.27. The molecule has 426 valence electrons. The van der Waals surface area contributed by atoms with E-state index in [0.717, 1.165) is 82.9 Å². The molecule has 5 aliphatic heterocycles. The van der Waals surface area contributed by atoms with Gasteiger partial charge < -0.3 is 29.4 Å². The van der Waals surface area contributed by atoms with Gasteiger partial charge in [-0.3, -0.25) is 0 Å². The molecule has 0 unspecified atom stereocenters. The first-order chi connectivity index (χ1) is 33.4. The number of hydrogen-bond acceptors (Lipinski definition) is 6. The molecule has 0 bridgehead atoms. The summed E-state index contributed by atoms with van der Waals surface area (Å²) >= 11 is 0. The van der Waals surface area contributed by atoms with Crippen molar-refractivity contribution in [2.75, 3.05) is 118 Å². The molecule has 0 aromatic carbocycles. The van der Waals surface area contributed by atoms with Crippen molar-refractivity contribution in [1.29, 1.82) is 0 Å². The van der Waals surface area contributed by atoms with Crippen LogP contribution in [0, 0.1) is 82.9 Å². The summed E-state index contributed by atoms with van der Waals surface area (Å²) in [7, 11) is 0. The van der Waals surface area contributed by atoms with E-state index in [9.17, 15) is 0 Å². The van der Waals surface area contributed by atoms with Gasteiger partial charge in [0.25, 0.3) is 0 Å². The summed E-state index contributed by atoms with van der Waals surface area (Å²) in [5.41, 5.74) is 0. The zero-order valence-electron chi connectivity index (χ0n) is 52.7. The van der Waals surface area contributed by atoms with Crippen LogP contribution in [0.1, 0.15) is 222 Å². The molecule has 0 radical (unpaired) electrons. The van der Waals surface area contributed by atoms with Crippen LogP contribution in [-0.2, 0) is 0 Å². The SMILES string of the molecule is CC(C)CCC1CCN(CC(C)C)CC1.CC(C)CCC1CN(CC(C)C)C1.CC(C)CCN1CC(CC(C)C)C1.CC(C)CCN1CCC(CC(C)C)CC1.CC(C)CCN1CCN(CC(C)C)CC1. The van der Waals surface area contributed by atoms with Crippen LogP contribution >= 0.6 is 0 Å². The molecule has 0 aromatic rings. The van der Waals surface area contributed by atoms with E-state index in [1.165, 1.54) is 201 Å². The van der Waals surface area contributed by atoms with E-state index in [4.69, 9.17) is 0 Å². The van der Waals surface area contributed by atoms with Crippen LogP contribution in [0.5, 0.6) is 0 Å². The van der Waals surface area contributed by atoms with E-state index in [0.29, 0.717) is 0 Å². The summed E-state index contributed by atoms with van der Waals surface area (Å²) in [5.74, 6) is 12.7. The van der Waals surface area contributed by atoms with Crippen LogP contribution in [0.3, 0.4) is 0 Å². The predicted molar refractivity (Wildman–Crippen MR) is 321 cm³/mol. The van der Waals surface area contributed by atoms with E-state index in [1.807, 2.05) is 0 Å². The molecule has 0 amide bonds. The van der Waals surface area contributed by atoms with Crippen LogP contribution in [0.15, 0.2) is 0 Å². The summed E-state index contributed by atoms with van der Waals surface area (Å²) in [6, 6.07) is 0. The Morgan fingerprint density at radius 2 is 0.549 bits per heavy atom. The lowest BCUT2D eigenvalue weighted by molar-refractivity contribution is 0.0780. The van der Waals surface area contributed by atoms with Gasteiger partial charge in [0, 0.05) is 72.0 Å². The van der Waals surface area contributed by atoms with Gasteiger partial charge >= 0.3 is 0 Å². The van der Waals surface area contributed by atoms with Gasteiger partial charge in [-0.05, 0) is 193 Å². The van der Waals surface area contributed by atoms with Crippen LogP contribution in [0.4, 0.5) is 0 Å². The van der Waals surface area contributed by atoms with Crippen molar-refractivity contribution < 1.29 is 0 Å². The van der Waals surface area contributed by atoms with Crippen molar-refractivity contribution in [3.8, 4) is 0 Å². The second-order valence-electron chi connectivity index (χ2n) is 28.8. The first kappa shape index (κ1) is 68.8. The third-order valence-electron chi connectivity index (χ3n) is 15.8. The van der Waals surface area contributed by atoms with Crippen LogP contribution in [0.2, 0.25) is 0 Å². The first-order valence-corrected chi connectivity index (χ1v) is 31.7. The van der Waals surface area contributed by atoms with Gasteiger partial charge in [-0.2, -0.15) is 0 Å². The molecule has 71 heavy (non-hydrogen) atoms. The third kappa shape index (κ3) is 38.9. The van der Waals surface area contributed by atoms with Gasteiger partial charge in [0.2, 0.25) is 0 Å². The first-order valence-electron chi connectivity index (χ1n) is 31.7. The summed E-state index contributed by atoms with van der Waals surface area (Å²) < 4.78 is 0. The molecule has 5 saturated heterocycles. The molecule has 6 nitrogen and oxygen atoms in total. The molecule has 5 heterocycles. The molecule has 5 fully saturated rings. The Hall–Kier alpha value is -0.240. The molecule has 6 heteroatoms. The Kier molecular flexibility index (Phi) is 38.8. The lowest BCUT2D eigenvalue weighted by Crippen LogP contribution is -2.48. The lowest BCUT2D eigenvalue weighted by Gasteiger charge is -2.40. The monoisotopic (exact) mass is 1000 g/mol. The number of hydrogen-bond donors (Lipinski definition) is 0. The standard InChI is InChI=1S/2C14H29N.C13H28N2.2C12H25N/c1-12(2)5-8-15-9-6-14(7-10-15)11-13(3)4;2*1-12(2)5-6-14-7-9-15(10-8-14)11-13(3)4;1-10(2)5-6-13-8-12(9-13)7-11(3)4;1-10(2)5-6-12-8-13(9-12)7-11(3)4/h2*12-14H,5-11H2,1-4H3;12-13H,5-11H2,1-4H3;2*10-12H,5-9H2,1-4H3. The molecule has 0 saturated carbocycles. The minimum Gasteiger partial charge on any atom is -0.303 e. The molecule has 0 atom stereocenters. The molecule has 0 N–H and O–H groups in total. The fourth-order valence-corrected chi connectivity index (χ4v) is 11.5. The van der Waals surface area contributed by atoms with E-state index in [1.54, 1.807) is 0 Å². The average Bonchev–Trinajstić information content (AvgIpc) is 3.24. The minimum absolute atomic E-state index is 0.812. The van der Waals surface area contributed by atoms with E-state index >= 15 is 0 Å². The van der Waals surface area contributed by atoms with Crippen molar-refractivity contribution in [2.45, 2.75) is 222 Å². The average molecular weight is 1000 g/mol. The lowest BCUT2D eigenvalue weighted by atomic mass is 9.88. The maximum absolute atomic E-state index is 2.66. The molecular weight excluding hydrogens is 865 g/mol. The number of piperazine rings is 1. The van der Waals surface area contributed by atoms with E-state index < -0.39 is 0 Å². The van der Waals surface area contributed by atoms with Crippen LogP contribution < -0.4 is 0 Å². The third-order valence-corrected chi connectivity index (χ3v) is 15.8. The molecule has 0 aliphatic carbocycles. The summed E-state index contributed by atoms with van der Waals surface area (Å²) in [5, 5.41) is 0. The highest BCUT2D eigenvalue weighted by atomic mass is 15.3. The van der Waals surface area contributed by atoms with Gasteiger partial charge in [-0.25, -0.2) is 0 Å². The maximum atomic E-state index is 2.66. The zero-order valence-corrected chi connectivity index (χ0v) is 52.7. The summed E-state index contributed by atoms with van der Waals surface area (Å²) in [6.07, 6.45) is 18.5. The fourth-order valence-electron chi connectivity index (χ4n) is 11.5. The van der Waals surface area contributed by atoms with Crippen molar-refractivity contribution in [3.05, 3.63) is 0 Å². The quantitative estimate of drug-likeness (QED) is 0.0901. The Balaban J connectivity index is 0.000000444.